The maximum Gasteiger partial charge on any atom is 0.313 e. The Bertz CT molecular complexity index is 262. The number of carbonyl (C=O) groups is 2. The topological polar surface area (TPSA) is 43.4 Å². The molecule has 3 heteroatoms. The number of ether oxygens (including phenoxy) is 1. The molecule has 0 N–H and O–H groups in total. The second kappa shape index (κ2) is 3.07. The minimum atomic E-state index is -0.437. The highest BCUT2D eigenvalue weighted by Crippen LogP contribution is 2.68. The molecule has 14 heavy (non-hydrogen) atoms. The van der Waals surface area contributed by atoms with Gasteiger partial charge >= 0.3 is 5.97 Å². The number of esters is 1. The van der Waals surface area contributed by atoms with Crippen LogP contribution in [0, 0.1) is 16.7 Å². The molecular formula is C11H18O3. The van der Waals surface area contributed by atoms with E-state index in [0.29, 0.717) is 0 Å². The van der Waals surface area contributed by atoms with Gasteiger partial charge in [0.15, 0.2) is 0 Å². The zero-order valence-corrected chi connectivity index (χ0v) is 9.51. The van der Waals surface area contributed by atoms with Gasteiger partial charge in [-0.15, -0.1) is 0 Å². The van der Waals surface area contributed by atoms with Gasteiger partial charge in [0.05, 0.1) is 7.11 Å². The molecular weight excluding hydrogens is 180 g/mol. The lowest BCUT2D eigenvalue weighted by Crippen LogP contribution is -2.14. The van der Waals surface area contributed by atoms with E-state index < -0.39 is 5.97 Å². The molecule has 0 aliphatic heterocycles. The summed E-state index contributed by atoms with van der Waals surface area (Å²) in [6.45, 7) is 8.25. The van der Waals surface area contributed by atoms with Crippen LogP contribution in [0.3, 0.4) is 0 Å². The highest BCUT2D eigenvalue weighted by molar-refractivity contribution is 5.99. The van der Waals surface area contributed by atoms with E-state index in [9.17, 15) is 9.59 Å². The predicted molar refractivity (Wildman–Crippen MR) is 52.7 cm³/mol. The Labute approximate surface area is 84.8 Å². The molecule has 3 nitrogen and oxygen atoms in total. The number of Topliss-reactive ketones (excluding diaryl/α,β-unsaturated/α-hetero) is 1. The number of carbonyl (C=O) groups excluding carboxylic acids is 2. The largest absolute Gasteiger partial charge is 0.469 e. The molecule has 0 aromatic rings. The highest BCUT2D eigenvalue weighted by atomic mass is 16.5. The summed E-state index contributed by atoms with van der Waals surface area (Å²) < 4.78 is 4.48. The van der Waals surface area contributed by atoms with Crippen LogP contribution < -0.4 is 0 Å². The molecule has 1 fully saturated rings. The van der Waals surface area contributed by atoms with Crippen LogP contribution in [0.1, 0.15) is 34.1 Å². The van der Waals surface area contributed by atoms with Crippen LogP contribution in [0.5, 0.6) is 0 Å². The maximum atomic E-state index is 11.7. The van der Waals surface area contributed by atoms with E-state index in [4.69, 9.17) is 0 Å². The Morgan fingerprint density at radius 1 is 1.14 bits per heavy atom. The molecule has 0 saturated heterocycles. The molecule has 0 aromatic carbocycles. The summed E-state index contributed by atoms with van der Waals surface area (Å²) in [6, 6.07) is 0. The molecule has 0 bridgehead atoms. The standard InChI is InChI=1S/C11H18O3/c1-10(2)9(11(10,3)4)7(12)6-8(13)14-5/h9H,6H2,1-5H3. The van der Waals surface area contributed by atoms with Gasteiger partial charge in [-0.3, -0.25) is 9.59 Å². The van der Waals surface area contributed by atoms with Crippen molar-refractivity contribution in [2.75, 3.05) is 7.11 Å². The molecule has 0 radical (unpaired) electrons. The van der Waals surface area contributed by atoms with Crippen LogP contribution >= 0.6 is 0 Å². The minimum Gasteiger partial charge on any atom is -0.469 e. The number of rotatable bonds is 3. The molecule has 0 spiro atoms. The zero-order valence-electron chi connectivity index (χ0n) is 9.51. The first-order valence-electron chi connectivity index (χ1n) is 4.84. The number of hydrogen-bond acceptors (Lipinski definition) is 3. The summed E-state index contributed by atoms with van der Waals surface area (Å²) >= 11 is 0. The van der Waals surface area contributed by atoms with Crippen LogP contribution in [-0.4, -0.2) is 18.9 Å². The molecule has 1 aliphatic carbocycles. The Balaban J connectivity index is 2.62. The molecule has 0 atom stereocenters. The lowest BCUT2D eigenvalue weighted by atomic mass is 10.0. The molecule has 0 heterocycles. The molecule has 0 unspecified atom stereocenters. The molecule has 1 aliphatic rings. The summed E-state index contributed by atoms with van der Waals surface area (Å²) in [5.74, 6) is -0.436. The van der Waals surface area contributed by atoms with Gasteiger partial charge in [-0.1, -0.05) is 27.7 Å². The van der Waals surface area contributed by atoms with Crippen molar-refractivity contribution in [2.45, 2.75) is 34.1 Å². The smallest absolute Gasteiger partial charge is 0.313 e. The average Bonchev–Trinajstić information content (AvgIpc) is 2.42. The van der Waals surface area contributed by atoms with Gasteiger partial charge in [0.1, 0.15) is 12.2 Å². The Kier molecular flexibility index (Phi) is 2.46. The second-order valence-electron chi connectivity index (χ2n) is 5.10. The molecule has 0 aromatic heterocycles. The first-order chi connectivity index (χ1) is 6.25. The van der Waals surface area contributed by atoms with E-state index in [0.717, 1.165) is 0 Å². The SMILES string of the molecule is COC(=O)CC(=O)C1C(C)(C)C1(C)C. The van der Waals surface area contributed by atoms with Crippen molar-refractivity contribution in [3.8, 4) is 0 Å². The molecule has 80 valence electrons. The third kappa shape index (κ3) is 1.45. The van der Waals surface area contributed by atoms with Crippen molar-refractivity contribution in [2.24, 2.45) is 16.7 Å². The highest BCUT2D eigenvalue weighted by Gasteiger charge is 2.67. The van der Waals surface area contributed by atoms with Gasteiger partial charge in [-0.2, -0.15) is 0 Å². The fourth-order valence-electron chi connectivity index (χ4n) is 2.32. The van der Waals surface area contributed by atoms with Crippen molar-refractivity contribution in [3.05, 3.63) is 0 Å². The Morgan fingerprint density at radius 3 is 1.86 bits per heavy atom. The average molecular weight is 198 g/mol. The van der Waals surface area contributed by atoms with E-state index in [2.05, 4.69) is 32.4 Å². The summed E-state index contributed by atoms with van der Waals surface area (Å²) in [6.07, 6.45) is -0.0893. The van der Waals surface area contributed by atoms with Gasteiger partial charge in [-0.05, 0) is 10.8 Å². The van der Waals surface area contributed by atoms with Crippen LogP contribution in [0.15, 0.2) is 0 Å². The van der Waals surface area contributed by atoms with E-state index in [1.165, 1.54) is 7.11 Å². The number of ketones is 1. The molecule has 1 rings (SSSR count). The molecule has 1 saturated carbocycles. The third-order valence-electron chi connectivity index (χ3n) is 3.89. The van der Waals surface area contributed by atoms with Crippen molar-refractivity contribution < 1.29 is 14.3 Å². The third-order valence-corrected chi connectivity index (χ3v) is 3.89. The summed E-state index contributed by atoms with van der Waals surface area (Å²) in [5.41, 5.74) is 0.0240. The van der Waals surface area contributed by atoms with Crippen molar-refractivity contribution in [3.63, 3.8) is 0 Å². The predicted octanol–water partition coefficient (Wildman–Crippen LogP) is 1.80. The maximum absolute atomic E-state index is 11.7. The summed E-state index contributed by atoms with van der Waals surface area (Å²) in [4.78, 5) is 22.6. The summed E-state index contributed by atoms with van der Waals surface area (Å²) in [5, 5.41) is 0. The Hall–Kier alpha value is -0.860. The number of hydrogen-bond donors (Lipinski definition) is 0. The van der Waals surface area contributed by atoms with Crippen molar-refractivity contribution in [1.82, 2.24) is 0 Å². The number of methoxy groups -OCH3 is 1. The zero-order chi connectivity index (χ0) is 11.1. The van der Waals surface area contributed by atoms with E-state index in [1.807, 2.05) is 0 Å². The van der Waals surface area contributed by atoms with Gasteiger partial charge in [-0.25, -0.2) is 0 Å². The monoisotopic (exact) mass is 198 g/mol. The van der Waals surface area contributed by atoms with Gasteiger partial charge in [0.2, 0.25) is 0 Å². The van der Waals surface area contributed by atoms with E-state index in [-0.39, 0.29) is 29.0 Å². The lowest BCUT2D eigenvalue weighted by Gasteiger charge is -2.03. The van der Waals surface area contributed by atoms with Crippen molar-refractivity contribution >= 4 is 11.8 Å². The van der Waals surface area contributed by atoms with E-state index >= 15 is 0 Å². The fraction of sp³-hybridized carbons (Fsp3) is 0.818. The van der Waals surface area contributed by atoms with E-state index in [1.54, 1.807) is 0 Å². The van der Waals surface area contributed by atoms with Gasteiger partial charge < -0.3 is 4.74 Å². The Morgan fingerprint density at radius 2 is 1.57 bits per heavy atom. The lowest BCUT2D eigenvalue weighted by molar-refractivity contribution is -0.143. The van der Waals surface area contributed by atoms with Crippen LogP contribution in [0.2, 0.25) is 0 Å². The van der Waals surface area contributed by atoms with Crippen LogP contribution in [0.4, 0.5) is 0 Å². The minimum absolute atomic E-state index is 0.00546. The first-order valence-corrected chi connectivity index (χ1v) is 4.84. The molecule has 0 amide bonds. The van der Waals surface area contributed by atoms with Crippen LogP contribution in [-0.2, 0) is 14.3 Å². The second-order valence-corrected chi connectivity index (χ2v) is 5.10. The normalized spacial score (nSPS) is 22.9. The van der Waals surface area contributed by atoms with Crippen molar-refractivity contribution in [1.29, 1.82) is 0 Å². The summed E-state index contributed by atoms with van der Waals surface area (Å²) in [7, 11) is 1.30. The first kappa shape index (κ1) is 11.2. The fourth-order valence-corrected chi connectivity index (χ4v) is 2.32. The van der Waals surface area contributed by atoms with Gasteiger partial charge in [0.25, 0.3) is 0 Å². The van der Waals surface area contributed by atoms with Gasteiger partial charge in [0, 0.05) is 5.92 Å². The quantitative estimate of drug-likeness (QED) is 0.513. The van der Waals surface area contributed by atoms with Crippen LogP contribution in [0.25, 0.3) is 0 Å².